The molecule has 0 amide bonds. The van der Waals surface area contributed by atoms with Crippen LogP contribution in [0.5, 0.6) is 0 Å². The lowest BCUT2D eigenvalue weighted by Gasteiger charge is -2.00. The summed E-state index contributed by atoms with van der Waals surface area (Å²) in [5.41, 5.74) is 0.190. The predicted octanol–water partition coefficient (Wildman–Crippen LogP) is 1.84. The van der Waals surface area contributed by atoms with Gasteiger partial charge in [-0.25, -0.2) is 4.79 Å². The van der Waals surface area contributed by atoms with Crippen molar-refractivity contribution in [2.45, 2.75) is 20.0 Å². The maximum Gasteiger partial charge on any atom is 0.339 e. The van der Waals surface area contributed by atoms with Crippen LogP contribution in [0.2, 0.25) is 0 Å². The summed E-state index contributed by atoms with van der Waals surface area (Å²) in [5.74, 6) is -0.0396. The summed E-state index contributed by atoms with van der Waals surface area (Å²) < 4.78 is 15.4. The number of carboxylic acid groups (broad SMARTS) is 1. The molecule has 0 saturated carbocycles. The Kier molecular flexibility index (Phi) is 5.01. The topological polar surface area (TPSA) is 68.9 Å². The third kappa shape index (κ3) is 3.67. The highest BCUT2D eigenvalue weighted by molar-refractivity contribution is 5.88. The number of rotatable bonds is 7. The molecule has 1 rings (SSSR count). The van der Waals surface area contributed by atoms with Crippen LogP contribution >= 0.6 is 0 Å². The first-order valence-corrected chi connectivity index (χ1v) is 5.04. The summed E-state index contributed by atoms with van der Waals surface area (Å²) in [6.07, 6.45) is 0.808. The molecule has 1 aromatic rings. The number of furan rings is 1. The Bertz CT molecular complexity index is 342. The van der Waals surface area contributed by atoms with E-state index in [0.29, 0.717) is 24.7 Å². The van der Waals surface area contributed by atoms with Gasteiger partial charge in [0, 0.05) is 20.3 Å². The molecule has 0 aliphatic heterocycles. The molecule has 5 heteroatoms. The van der Waals surface area contributed by atoms with Crippen molar-refractivity contribution in [2.75, 3.05) is 20.3 Å². The van der Waals surface area contributed by atoms with Gasteiger partial charge in [0.05, 0.1) is 0 Å². The number of hydrogen-bond donors (Lipinski definition) is 1. The Balaban J connectivity index is 2.37. The number of aromatic carboxylic acids is 1. The van der Waals surface area contributed by atoms with E-state index in [1.807, 2.05) is 0 Å². The summed E-state index contributed by atoms with van der Waals surface area (Å²) in [7, 11) is 1.63. The van der Waals surface area contributed by atoms with Gasteiger partial charge in [-0.15, -0.1) is 0 Å². The van der Waals surface area contributed by atoms with E-state index in [1.54, 1.807) is 14.0 Å². The van der Waals surface area contributed by atoms with E-state index in [0.717, 1.165) is 6.42 Å². The average molecular weight is 228 g/mol. The number of methoxy groups -OCH3 is 1. The second kappa shape index (κ2) is 6.30. The molecule has 0 aliphatic rings. The van der Waals surface area contributed by atoms with Crippen LogP contribution in [0, 0.1) is 6.92 Å². The fourth-order valence-corrected chi connectivity index (χ4v) is 1.31. The number of aryl methyl sites for hydroxylation is 1. The molecule has 0 bridgehead atoms. The van der Waals surface area contributed by atoms with E-state index >= 15 is 0 Å². The minimum atomic E-state index is -0.980. The van der Waals surface area contributed by atoms with Crippen molar-refractivity contribution in [3.63, 3.8) is 0 Å². The molecular formula is C11H16O5. The summed E-state index contributed by atoms with van der Waals surface area (Å²) in [6.45, 7) is 3.13. The molecule has 0 fully saturated rings. The molecule has 0 saturated heterocycles. The SMILES string of the molecule is COCCCOCc1cc(C(=O)O)c(C)o1. The monoisotopic (exact) mass is 228 g/mol. The van der Waals surface area contributed by atoms with Crippen molar-refractivity contribution in [1.82, 2.24) is 0 Å². The quantitative estimate of drug-likeness (QED) is 0.721. The zero-order valence-electron chi connectivity index (χ0n) is 9.49. The molecule has 1 heterocycles. The van der Waals surface area contributed by atoms with Crippen LogP contribution in [0.4, 0.5) is 0 Å². The highest BCUT2D eigenvalue weighted by atomic mass is 16.5. The van der Waals surface area contributed by atoms with Gasteiger partial charge in [-0.3, -0.25) is 0 Å². The van der Waals surface area contributed by atoms with Gasteiger partial charge in [0.25, 0.3) is 0 Å². The molecule has 1 aromatic heterocycles. The molecular weight excluding hydrogens is 212 g/mol. The third-order valence-corrected chi connectivity index (χ3v) is 2.08. The zero-order valence-corrected chi connectivity index (χ0v) is 9.49. The summed E-state index contributed by atoms with van der Waals surface area (Å²) in [4.78, 5) is 10.7. The largest absolute Gasteiger partial charge is 0.478 e. The Morgan fingerprint density at radius 3 is 2.81 bits per heavy atom. The number of carbonyl (C=O) groups is 1. The molecule has 5 nitrogen and oxygen atoms in total. The fraction of sp³-hybridized carbons (Fsp3) is 0.545. The molecule has 1 N–H and O–H groups in total. The molecule has 0 unspecified atom stereocenters. The lowest BCUT2D eigenvalue weighted by atomic mass is 10.2. The van der Waals surface area contributed by atoms with Gasteiger partial charge in [0.1, 0.15) is 23.7 Å². The Labute approximate surface area is 94.0 Å². The second-order valence-electron chi connectivity index (χ2n) is 3.39. The van der Waals surface area contributed by atoms with E-state index in [4.69, 9.17) is 19.0 Å². The maximum atomic E-state index is 10.7. The number of ether oxygens (including phenoxy) is 2. The van der Waals surface area contributed by atoms with Gasteiger partial charge in [-0.1, -0.05) is 0 Å². The van der Waals surface area contributed by atoms with E-state index in [9.17, 15) is 4.79 Å². The summed E-state index contributed by atoms with van der Waals surface area (Å²) in [6, 6.07) is 1.49. The van der Waals surface area contributed by atoms with Crippen LogP contribution in [0.3, 0.4) is 0 Å². The van der Waals surface area contributed by atoms with E-state index < -0.39 is 5.97 Å². The van der Waals surface area contributed by atoms with Gasteiger partial charge in [0.2, 0.25) is 0 Å². The van der Waals surface area contributed by atoms with Crippen molar-refractivity contribution in [2.24, 2.45) is 0 Å². The van der Waals surface area contributed by atoms with Gasteiger partial charge in [-0.2, -0.15) is 0 Å². The molecule has 16 heavy (non-hydrogen) atoms. The molecule has 0 aliphatic carbocycles. The van der Waals surface area contributed by atoms with Crippen molar-refractivity contribution in [1.29, 1.82) is 0 Å². The minimum Gasteiger partial charge on any atom is -0.478 e. The first kappa shape index (κ1) is 12.7. The highest BCUT2D eigenvalue weighted by Crippen LogP contribution is 2.15. The molecule has 0 spiro atoms. The van der Waals surface area contributed by atoms with Gasteiger partial charge in [-0.05, 0) is 19.4 Å². The van der Waals surface area contributed by atoms with Crippen molar-refractivity contribution in [3.05, 3.63) is 23.2 Å². The Hall–Kier alpha value is -1.33. The van der Waals surface area contributed by atoms with Crippen molar-refractivity contribution in [3.8, 4) is 0 Å². The number of carboxylic acids is 1. The summed E-state index contributed by atoms with van der Waals surface area (Å²) >= 11 is 0. The zero-order chi connectivity index (χ0) is 12.0. The van der Waals surface area contributed by atoms with Crippen LogP contribution in [-0.4, -0.2) is 31.4 Å². The van der Waals surface area contributed by atoms with Gasteiger partial charge in [0.15, 0.2) is 0 Å². The fourth-order valence-electron chi connectivity index (χ4n) is 1.31. The van der Waals surface area contributed by atoms with Crippen LogP contribution in [0.1, 0.15) is 28.3 Å². The molecule has 0 atom stereocenters. The maximum absolute atomic E-state index is 10.7. The minimum absolute atomic E-state index is 0.190. The van der Waals surface area contributed by atoms with Gasteiger partial charge >= 0.3 is 5.97 Å². The molecule has 0 aromatic carbocycles. The van der Waals surface area contributed by atoms with Crippen molar-refractivity contribution >= 4 is 5.97 Å². The number of hydrogen-bond acceptors (Lipinski definition) is 4. The summed E-state index contributed by atoms with van der Waals surface area (Å²) in [5, 5.41) is 8.80. The first-order chi connectivity index (χ1) is 7.65. The van der Waals surface area contributed by atoms with Crippen LogP contribution in [-0.2, 0) is 16.1 Å². The Morgan fingerprint density at radius 2 is 2.25 bits per heavy atom. The van der Waals surface area contributed by atoms with Gasteiger partial charge < -0.3 is 19.0 Å². The standard InChI is InChI=1S/C11H16O5/c1-8-10(11(12)13)6-9(16-8)7-15-5-3-4-14-2/h6H,3-5,7H2,1-2H3,(H,12,13). The van der Waals surface area contributed by atoms with E-state index in [2.05, 4.69) is 0 Å². The molecule has 0 radical (unpaired) electrons. The lowest BCUT2D eigenvalue weighted by Crippen LogP contribution is -1.98. The predicted molar refractivity (Wildman–Crippen MR) is 56.6 cm³/mol. The van der Waals surface area contributed by atoms with E-state index in [-0.39, 0.29) is 12.2 Å². The first-order valence-electron chi connectivity index (χ1n) is 5.04. The van der Waals surface area contributed by atoms with Crippen LogP contribution < -0.4 is 0 Å². The second-order valence-corrected chi connectivity index (χ2v) is 3.39. The van der Waals surface area contributed by atoms with E-state index in [1.165, 1.54) is 6.07 Å². The smallest absolute Gasteiger partial charge is 0.339 e. The van der Waals surface area contributed by atoms with Crippen LogP contribution in [0.25, 0.3) is 0 Å². The van der Waals surface area contributed by atoms with Crippen molar-refractivity contribution < 1.29 is 23.8 Å². The molecule has 90 valence electrons. The van der Waals surface area contributed by atoms with Crippen LogP contribution in [0.15, 0.2) is 10.5 Å². The lowest BCUT2D eigenvalue weighted by molar-refractivity contribution is 0.0695. The third-order valence-electron chi connectivity index (χ3n) is 2.08. The Morgan fingerprint density at radius 1 is 1.50 bits per heavy atom. The average Bonchev–Trinajstić information content (AvgIpc) is 2.59. The highest BCUT2D eigenvalue weighted by Gasteiger charge is 2.13. The normalized spacial score (nSPS) is 10.6.